The molecule has 140 valence electrons. The van der Waals surface area contributed by atoms with E-state index < -0.39 is 0 Å². The standard InChI is InChI=1S/C22H21N5O/c1-14-24-21(26-19-5-3-15-10-23-11-17(15)7-19)9-22(25-14)27-12-16-4-6-20(28-2)8-18(16)13-27/h3-9,11H,10,12-13H2,1-2H3,(H,24,25,26). The summed E-state index contributed by atoms with van der Waals surface area (Å²) < 4.78 is 5.35. The van der Waals surface area contributed by atoms with E-state index in [0.717, 1.165) is 48.5 Å². The number of hydrogen-bond acceptors (Lipinski definition) is 6. The number of hydrogen-bond donors (Lipinski definition) is 1. The quantitative estimate of drug-likeness (QED) is 0.751. The van der Waals surface area contributed by atoms with Crippen molar-refractivity contribution in [3.05, 3.63) is 70.5 Å². The minimum atomic E-state index is 0.747. The van der Waals surface area contributed by atoms with Crippen molar-refractivity contribution in [1.29, 1.82) is 0 Å². The summed E-state index contributed by atoms with van der Waals surface area (Å²) in [4.78, 5) is 15.8. The molecular weight excluding hydrogens is 350 g/mol. The van der Waals surface area contributed by atoms with Crippen LogP contribution in [0.15, 0.2) is 47.5 Å². The maximum atomic E-state index is 5.35. The number of aliphatic imine (C=N–C) groups is 1. The van der Waals surface area contributed by atoms with E-state index in [-0.39, 0.29) is 0 Å². The molecule has 3 aromatic rings. The summed E-state index contributed by atoms with van der Waals surface area (Å²) in [5.41, 5.74) is 6.02. The molecule has 0 bridgehead atoms. The van der Waals surface area contributed by atoms with Crippen molar-refractivity contribution in [3.63, 3.8) is 0 Å². The average Bonchev–Trinajstić information content (AvgIpc) is 3.33. The van der Waals surface area contributed by atoms with Crippen LogP contribution in [0, 0.1) is 6.92 Å². The molecule has 2 aliphatic rings. The molecule has 1 aromatic heterocycles. The zero-order chi connectivity index (χ0) is 19.1. The van der Waals surface area contributed by atoms with Gasteiger partial charge in [-0.1, -0.05) is 12.1 Å². The Morgan fingerprint density at radius 1 is 0.964 bits per heavy atom. The zero-order valence-corrected chi connectivity index (χ0v) is 15.9. The molecule has 6 nitrogen and oxygen atoms in total. The number of rotatable bonds is 4. The predicted molar refractivity (Wildman–Crippen MR) is 111 cm³/mol. The molecule has 1 N–H and O–H groups in total. The molecule has 0 amide bonds. The Hall–Kier alpha value is -3.41. The van der Waals surface area contributed by atoms with Crippen molar-refractivity contribution in [3.8, 4) is 5.75 Å². The lowest BCUT2D eigenvalue weighted by atomic mass is 10.1. The fourth-order valence-electron chi connectivity index (χ4n) is 3.76. The Morgan fingerprint density at radius 2 is 1.82 bits per heavy atom. The highest BCUT2D eigenvalue weighted by atomic mass is 16.5. The Kier molecular flexibility index (Phi) is 3.97. The second-order valence-corrected chi connectivity index (χ2v) is 7.16. The molecule has 28 heavy (non-hydrogen) atoms. The lowest BCUT2D eigenvalue weighted by molar-refractivity contribution is 0.414. The third kappa shape index (κ3) is 3.07. The molecule has 3 heterocycles. The molecule has 0 aliphatic carbocycles. The van der Waals surface area contributed by atoms with Gasteiger partial charge < -0.3 is 15.0 Å². The third-order valence-electron chi connectivity index (χ3n) is 5.19. The van der Waals surface area contributed by atoms with Crippen LogP contribution in [0.3, 0.4) is 0 Å². The fourth-order valence-corrected chi connectivity index (χ4v) is 3.76. The smallest absolute Gasteiger partial charge is 0.136 e. The SMILES string of the molecule is COc1ccc2c(c1)CN(c1cc(Nc3ccc4c(c3)C=NC4)nc(C)n1)C2. The first-order chi connectivity index (χ1) is 13.7. The second kappa shape index (κ2) is 6.64. The minimum absolute atomic E-state index is 0.747. The van der Waals surface area contributed by atoms with Crippen molar-refractivity contribution >= 4 is 23.5 Å². The summed E-state index contributed by atoms with van der Waals surface area (Å²) in [5.74, 6) is 3.36. The van der Waals surface area contributed by atoms with Gasteiger partial charge >= 0.3 is 0 Å². The van der Waals surface area contributed by atoms with E-state index in [1.165, 1.54) is 22.3 Å². The van der Waals surface area contributed by atoms with Gasteiger partial charge in [-0.25, -0.2) is 9.97 Å². The van der Waals surface area contributed by atoms with Crippen LogP contribution in [0.1, 0.15) is 28.1 Å². The maximum absolute atomic E-state index is 5.35. The number of aryl methyl sites for hydroxylation is 1. The van der Waals surface area contributed by atoms with Gasteiger partial charge in [-0.3, -0.25) is 4.99 Å². The van der Waals surface area contributed by atoms with Gasteiger partial charge in [-0.15, -0.1) is 0 Å². The Balaban J connectivity index is 1.40. The van der Waals surface area contributed by atoms with Crippen molar-refractivity contribution in [2.24, 2.45) is 4.99 Å². The first-order valence-corrected chi connectivity index (χ1v) is 9.34. The van der Waals surface area contributed by atoms with Crippen LogP contribution >= 0.6 is 0 Å². The number of benzene rings is 2. The molecule has 0 unspecified atom stereocenters. The van der Waals surface area contributed by atoms with Gasteiger partial charge in [0.15, 0.2) is 0 Å². The van der Waals surface area contributed by atoms with E-state index in [1.807, 2.05) is 25.3 Å². The number of ether oxygens (including phenoxy) is 1. The van der Waals surface area contributed by atoms with Gasteiger partial charge in [0.2, 0.25) is 0 Å². The molecule has 0 spiro atoms. The van der Waals surface area contributed by atoms with Gasteiger partial charge in [0.25, 0.3) is 0 Å². The minimum Gasteiger partial charge on any atom is -0.497 e. The van der Waals surface area contributed by atoms with Gasteiger partial charge in [0, 0.05) is 31.1 Å². The van der Waals surface area contributed by atoms with Gasteiger partial charge in [0.1, 0.15) is 23.2 Å². The molecule has 0 radical (unpaired) electrons. The van der Waals surface area contributed by atoms with Crippen molar-refractivity contribution < 1.29 is 4.74 Å². The molecule has 0 atom stereocenters. The number of nitrogens with zero attached hydrogens (tertiary/aromatic N) is 4. The van der Waals surface area contributed by atoms with E-state index in [1.54, 1.807) is 7.11 Å². The summed E-state index contributed by atoms with van der Waals surface area (Å²) in [6.07, 6.45) is 1.92. The van der Waals surface area contributed by atoms with Crippen LogP contribution in [0.25, 0.3) is 0 Å². The molecule has 2 aliphatic heterocycles. The van der Waals surface area contributed by atoms with Crippen molar-refractivity contribution in [1.82, 2.24) is 9.97 Å². The molecule has 2 aromatic carbocycles. The highest BCUT2D eigenvalue weighted by molar-refractivity contribution is 5.86. The predicted octanol–water partition coefficient (Wildman–Crippen LogP) is 3.99. The number of methoxy groups -OCH3 is 1. The molecule has 0 saturated carbocycles. The lowest BCUT2D eigenvalue weighted by Gasteiger charge is -2.18. The molecule has 5 rings (SSSR count). The van der Waals surface area contributed by atoms with E-state index in [9.17, 15) is 0 Å². The molecular formula is C22H21N5O. The zero-order valence-electron chi connectivity index (χ0n) is 15.9. The average molecular weight is 371 g/mol. The van der Waals surface area contributed by atoms with Crippen LogP contribution in [-0.2, 0) is 19.6 Å². The Morgan fingerprint density at radius 3 is 2.71 bits per heavy atom. The van der Waals surface area contributed by atoms with Gasteiger partial charge in [-0.2, -0.15) is 0 Å². The van der Waals surface area contributed by atoms with Crippen LogP contribution in [0.2, 0.25) is 0 Å². The molecule has 6 heteroatoms. The number of aromatic nitrogens is 2. The maximum Gasteiger partial charge on any atom is 0.136 e. The first kappa shape index (κ1) is 16.7. The number of anilines is 3. The van der Waals surface area contributed by atoms with Crippen LogP contribution < -0.4 is 15.0 Å². The molecule has 0 fully saturated rings. The topological polar surface area (TPSA) is 62.6 Å². The Bertz CT molecular complexity index is 1090. The van der Waals surface area contributed by atoms with E-state index in [4.69, 9.17) is 4.74 Å². The lowest BCUT2D eigenvalue weighted by Crippen LogP contribution is -2.17. The van der Waals surface area contributed by atoms with Gasteiger partial charge in [0.05, 0.1) is 13.7 Å². The normalized spacial score (nSPS) is 14.1. The van der Waals surface area contributed by atoms with E-state index >= 15 is 0 Å². The highest BCUT2D eigenvalue weighted by Gasteiger charge is 2.21. The van der Waals surface area contributed by atoms with Crippen LogP contribution in [0.4, 0.5) is 17.3 Å². The highest BCUT2D eigenvalue weighted by Crippen LogP contribution is 2.31. The second-order valence-electron chi connectivity index (χ2n) is 7.16. The summed E-state index contributed by atoms with van der Waals surface area (Å²) >= 11 is 0. The van der Waals surface area contributed by atoms with E-state index in [0.29, 0.717) is 0 Å². The number of nitrogens with one attached hydrogen (secondary N) is 1. The van der Waals surface area contributed by atoms with Crippen LogP contribution in [0.5, 0.6) is 5.75 Å². The number of fused-ring (bicyclic) bond motifs is 2. The first-order valence-electron chi connectivity index (χ1n) is 9.34. The summed E-state index contributed by atoms with van der Waals surface area (Å²) in [6.45, 7) is 4.35. The largest absolute Gasteiger partial charge is 0.497 e. The summed E-state index contributed by atoms with van der Waals surface area (Å²) in [5, 5.41) is 3.42. The summed E-state index contributed by atoms with van der Waals surface area (Å²) in [7, 11) is 1.70. The monoisotopic (exact) mass is 371 g/mol. The third-order valence-corrected chi connectivity index (χ3v) is 5.19. The van der Waals surface area contributed by atoms with E-state index in [2.05, 4.69) is 55.5 Å². The van der Waals surface area contributed by atoms with Crippen LogP contribution in [-0.4, -0.2) is 23.3 Å². The summed E-state index contributed by atoms with van der Waals surface area (Å²) in [6, 6.07) is 14.6. The van der Waals surface area contributed by atoms with Gasteiger partial charge in [-0.05, 0) is 53.4 Å². The molecule has 0 saturated heterocycles. The Labute approximate surface area is 163 Å². The van der Waals surface area contributed by atoms with Crippen molar-refractivity contribution in [2.45, 2.75) is 26.6 Å². The fraction of sp³-hybridized carbons (Fsp3) is 0.227. The van der Waals surface area contributed by atoms with Crippen molar-refractivity contribution in [2.75, 3.05) is 17.3 Å².